The molecule has 0 saturated heterocycles. The van der Waals surface area contributed by atoms with Gasteiger partial charge in [0, 0.05) is 19.7 Å². The molecule has 2 aromatic carbocycles. The number of sulfone groups is 1. The summed E-state index contributed by atoms with van der Waals surface area (Å²) in [6.07, 6.45) is 2.17. The summed E-state index contributed by atoms with van der Waals surface area (Å²) >= 11 is 1.32. The lowest BCUT2D eigenvalue weighted by atomic mass is 10.1. The smallest absolute Gasteiger partial charge is 0.248 e. The van der Waals surface area contributed by atoms with E-state index in [-0.39, 0.29) is 10.8 Å². The molecule has 0 unspecified atom stereocenters. The molecule has 1 aromatic heterocycles. The number of hydrogen-bond donors (Lipinski definition) is 0. The van der Waals surface area contributed by atoms with Crippen LogP contribution in [-0.2, 0) is 28.1 Å². The average Bonchev–Trinajstić information content (AvgIpc) is 2.88. The van der Waals surface area contributed by atoms with E-state index >= 15 is 0 Å². The number of thiazole rings is 1. The van der Waals surface area contributed by atoms with Crippen LogP contribution in [0.2, 0.25) is 0 Å². The zero-order valence-corrected chi connectivity index (χ0v) is 15.6. The number of aromatic nitrogens is 1. The minimum absolute atomic E-state index is 0.186. The number of carbonyl (C=O) groups excluding carboxylic acids is 1. The molecule has 0 fully saturated rings. The first-order valence-electron chi connectivity index (χ1n) is 7.76. The van der Waals surface area contributed by atoms with Crippen LogP contribution in [0.3, 0.4) is 0 Å². The van der Waals surface area contributed by atoms with Crippen LogP contribution in [0.4, 0.5) is 0 Å². The van der Waals surface area contributed by atoms with Gasteiger partial charge >= 0.3 is 0 Å². The number of aryl methyl sites for hydroxylation is 2. The molecular weight excluding hydrogens is 356 g/mol. The Balaban J connectivity index is 1.88. The van der Waals surface area contributed by atoms with Gasteiger partial charge in [0.15, 0.2) is 14.6 Å². The van der Waals surface area contributed by atoms with Gasteiger partial charge in [-0.05, 0) is 30.2 Å². The molecule has 130 valence electrons. The van der Waals surface area contributed by atoms with Crippen LogP contribution in [0, 0.1) is 0 Å². The lowest BCUT2D eigenvalue weighted by Crippen LogP contribution is -2.13. The fourth-order valence-corrected chi connectivity index (χ4v) is 4.31. The van der Waals surface area contributed by atoms with Crippen molar-refractivity contribution in [1.82, 2.24) is 4.57 Å². The van der Waals surface area contributed by atoms with E-state index in [1.807, 2.05) is 41.9 Å². The second kappa shape index (κ2) is 6.93. The molecular formula is C18H18N2O3S2. The van der Waals surface area contributed by atoms with Crippen molar-refractivity contribution in [3.63, 3.8) is 0 Å². The highest BCUT2D eigenvalue weighted by atomic mass is 32.2. The van der Waals surface area contributed by atoms with E-state index in [0.717, 1.165) is 15.8 Å². The van der Waals surface area contributed by atoms with Crippen molar-refractivity contribution in [2.75, 3.05) is 6.26 Å². The van der Waals surface area contributed by atoms with Gasteiger partial charge in [0.1, 0.15) is 0 Å². The summed E-state index contributed by atoms with van der Waals surface area (Å²) < 4.78 is 26.0. The molecule has 5 nitrogen and oxygen atoms in total. The molecule has 0 radical (unpaired) electrons. The third-order valence-corrected chi connectivity index (χ3v) is 6.10. The average molecular weight is 374 g/mol. The summed E-state index contributed by atoms with van der Waals surface area (Å²) in [7, 11) is -1.44. The van der Waals surface area contributed by atoms with Gasteiger partial charge in [-0.15, -0.1) is 0 Å². The lowest BCUT2D eigenvalue weighted by molar-refractivity contribution is -0.118. The Morgan fingerprint density at radius 1 is 1.16 bits per heavy atom. The SMILES string of the molecule is Cn1c(=NC(=O)CCc2ccccc2)sc2cc(S(C)(=O)=O)ccc21. The Labute approximate surface area is 150 Å². The predicted octanol–water partition coefficient (Wildman–Crippen LogP) is 2.70. The molecule has 0 aliphatic heterocycles. The maximum atomic E-state index is 12.2. The zero-order valence-electron chi connectivity index (χ0n) is 14.0. The van der Waals surface area contributed by atoms with Gasteiger partial charge in [0.2, 0.25) is 5.91 Å². The summed E-state index contributed by atoms with van der Waals surface area (Å²) in [4.78, 5) is 17.2. The van der Waals surface area contributed by atoms with E-state index in [4.69, 9.17) is 0 Å². The molecule has 0 aliphatic rings. The Morgan fingerprint density at radius 2 is 1.88 bits per heavy atom. The Hall–Kier alpha value is -2.25. The van der Waals surface area contributed by atoms with E-state index < -0.39 is 9.84 Å². The van der Waals surface area contributed by atoms with Gasteiger partial charge < -0.3 is 4.57 Å². The van der Waals surface area contributed by atoms with E-state index in [0.29, 0.717) is 17.6 Å². The molecule has 0 bridgehead atoms. The Bertz CT molecular complexity index is 1090. The number of hydrogen-bond acceptors (Lipinski definition) is 4. The molecule has 0 spiro atoms. The van der Waals surface area contributed by atoms with Crippen LogP contribution in [-0.4, -0.2) is 25.1 Å². The highest BCUT2D eigenvalue weighted by molar-refractivity contribution is 7.90. The lowest BCUT2D eigenvalue weighted by Gasteiger charge is -1.99. The van der Waals surface area contributed by atoms with Crippen LogP contribution < -0.4 is 4.80 Å². The second-order valence-corrected chi connectivity index (χ2v) is 8.86. The topological polar surface area (TPSA) is 68.5 Å². The molecule has 1 amide bonds. The second-order valence-electron chi connectivity index (χ2n) is 5.84. The normalized spacial score (nSPS) is 12.6. The standard InChI is InChI=1S/C18H18N2O3S2/c1-20-15-10-9-14(25(2,22)23)12-16(15)24-18(20)19-17(21)11-8-13-6-4-3-5-7-13/h3-7,9-10,12H,8,11H2,1-2H3. The molecule has 3 rings (SSSR count). The fraction of sp³-hybridized carbons (Fsp3) is 0.222. The van der Waals surface area contributed by atoms with Crippen LogP contribution in [0.5, 0.6) is 0 Å². The van der Waals surface area contributed by atoms with Gasteiger partial charge in [-0.25, -0.2) is 8.42 Å². The molecule has 1 heterocycles. The summed E-state index contributed by atoms with van der Waals surface area (Å²) in [6.45, 7) is 0. The van der Waals surface area contributed by atoms with Gasteiger partial charge in [-0.1, -0.05) is 41.7 Å². The first-order chi connectivity index (χ1) is 11.8. The zero-order chi connectivity index (χ0) is 18.0. The number of benzene rings is 2. The van der Waals surface area contributed by atoms with Crippen molar-refractivity contribution in [3.8, 4) is 0 Å². The number of carbonyl (C=O) groups is 1. The van der Waals surface area contributed by atoms with Crippen LogP contribution in [0.15, 0.2) is 58.4 Å². The fourth-order valence-electron chi connectivity index (χ4n) is 2.51. The van der Waals surface area contributed by atoms with Crippen molar-refractivity contribution >= 4 is 37.3 Å². The maximum Gasteiger partial charge on any atom is 0.248 e. The van der Waals surface area contributed by atoms with Crippen molar-refractivity contribution in [2.24, 2.45) is 12.0 Å². The van der Waals surface area contributed by atoms with E-state index in [1.165, 1.54) is 17.6 Å². The summed E-state index contributed by atoms with van der Waals surface area (Å²) in [5, 5.41) is 0. The van der Waals surface area contributed by atoms with E-state index in [1.54, 1.807) is 18.2 Å². The van der Waals surface area contributed by atoms with Gasteiger partial charge in [0.25, 0.3) is 0 Å². The molecule has 0 N–H and O–H groups in total. The van der Waals surface area contributed by atoms with E-state index in [9.17, 15) is 13.2 Å². The molecule has 3 aromatic rings. The third kappa shape index (κ3) is 4.05. The minimum atomic E-state index is -3.26. The number of amides is 1. The van der Waals surface area contributed by atoms with Crippen LogP contribution in [0.25, 0.3) is 10.2 Å². The summed E-state index contributed by atoms with van der Waals surface area (Å²) in [6, 6.07) is 14.8. The summed E-state index contributed by atoms with van der Waals surface area (Å²) in [5.74, 6) is -0.186. The number of rotatable bonds is 4. The first-order valence-corrected chi connectivity index (χ1v) is 10.5. The Morgan fingerprint density at radius 3 is 2.56 bits per heavy atom. The molecule has 0 saturated carbocycles. The molecule has 0 aliphatic carbocycles. The van der Waals surface area contributed by atoms with Crippen LogP contribution >= 0.6 is 11.3 Å². The third-order valence-electron chi connectivity index (χ3n) is 3.90. The Kier molecular flexibility index (Phi) is 4.87. The van der Waals surface area contributed by atoms with E-state index in [2.05, 4.69) is 4.99 Å². The highest BCUT2D eigenvalue weighted by Gasteiger charge is 2.11. The van der Waals surface area contributed by atoms with Crippen molar-refractivity contribution < 1.29 is 13.2 Å². The number of nitrogens with zero attached hydrogens (tertiary/aromatic N) is 2. The predicted molar refractivity (Wildman–Crippen MR) is 99.2 cm³/mol. The monoisotopic (exact) mass is 374 g/mol. The van der Waals surface area contributed by atoms with Gasteiger partial charge in [-0.3, -0.25) is 4.79 Å². The largest absolute Gasteiger partial charge is 0.319 e. The van der Waals surface area contributed by atoms with Gasteiger partial charge in [0.05, 0.1) is 15.1 Å². The minimum Gasteiger partial charge on any atom is -0.319 e. The first kappa shape index (κ1) is 17.6. The molecule has 0 atom stereocenters. The molecule has 25 heavy (non-hydrogen) atoms. The maximum absolute atomic E-state index is 12.2. The van der Waals surface area contributed by atoms with Crippen molar-refractivity contribution in [1.29, 1.82) is 0 Å². The molecule has 7 heteroatoms. The van der Waals surface area contributed by atoms with Gasteiger partial charge in [-0.2, -0.15) is 4.99 Å². The number of fused-ring (bicyclic) bond motifs is 1. The highest BCUT2D eigenvalue weighted by Crippen LogP contribution is 2.21. The van der Waals surface area contributed by atoms with Crippen molar-refractivity contribution in [2.45, 2.75) is 17.7 Å². The van der Waals surface area contributed by atoms with Crippen molar-refractivity contribution in [3.05, 3.63) is 58.9 Å². The quantitative estimate of drug-likeness (QED) is 0.705. The summed E-state index contributed by atoms with van der Waals surface area (Å²) in [5.41, 5.74) is 1.96. The van der Waals surface area contributed by atoms with Crippen LogP contribution in [0.1, 0.15) is 12.0 Å².